The lowest BCUT2D eigenvalue weighted by Crippen LogP contribution is -2.41. The molecule has 1 aliphatic rings. The molecule has 1 aromatic heterocycles. The number of carbonyl (C=O) groups is 1. The molecular formula is C21H22ClN3OS. The van der Waals surface area contributed by atoms with E-state index in [0.717, 1.165) is 37.0 Å². The zero-order valence-electron chi connectivity index (χ0n) is 15.0. The van der Waals surface area contributed by atoms with Crippen LogP contribution in [0, 0.1) is 0 Å². The van der Waals surface area contributed by atoms with Gasteiger partial charge in [0.2, 0.25) is 5.91 Å². The van der Waals surface area contributed by atoms with E-state index in [2.05, 4.69) is 28.4 Å². The summed E-state index contributed by atoms with van der Waals surface area (Å²) in [6.45, 7) is 2.80. The lowest BCUT2D eigenvalue weighted by Gasteiger charge is -2.31. The summed E-state index contributed by atoms with van der Waals surface area (Å²) in [6.07, 6.45) is 2.24. The van der Waals surface area contributed by atoms with Gasteiger partial charge in [0.05, 0.1) is 21.8 Å². The average Bonchev–Trinajstić information content (AvgIpc) is 3.11. The normalized spacial score (nSPS) is 17.9. The predicted molar refractivity (Wildman–Crippen MR) is 111 cm³/mol. The van der Waals surface area contributed by atoms with Crippen molar-refractivity contribution in [3.63, 3.8) is 0 Å². The minimum Gasteiger partial charge on any atom is -0.351 e. The van der Waals surface area contributed by atoms with Crippen molar-refractivity contribution in [2.24, 2.45) is 0 Å². The van der Waals surface area contributed by atoms with E-state index in [1.165, 1.54) is 9.71 Å². The number of aromatic nitrogens is 1. The highest BCUT2D eigenvalue weighted by Crippen LogP contribution is 2.32. The molecule has 6 heteroatoms. The third-order valence-corrected chi connectivity index (χ3v) is 6.35. The Morgan fingerprint density at radius 2 is 2.15 bits per heavy atom. The highest BCUT2D eigenvalue weighted by molar-refractivity contribution is 7.18. The molecule has 0 saturated carbocycles. The quantitative estimate of drug-likeness (QED) is 0.689. The van der Waals surface area contributed by atoms with Crippen molar-refractivity contribution >= 4 is 39.1 Å². The van der Waals surface area contributed by atoms with Crippen LogP contribution in [0.25, 0.3) is 10.2 Å². The molecule has 27 heavy (non-hydrogen) atoms. The Morgan fingerprint density at radius 1 is 1.26 bits per heavy atom. The Hall–Kier alpha value is -1.95. The molecule has 4 rings (SSSR count). The maximum Gasteiger partial charge on any atom is 0.234 e. The monoisotopic (exact) mass is 399 g/mol. The van der Waals surface area contributed by atoms with Gasteiger partial charge < -0.3 is 5.32 Å². The number of amides is 1. The molecule has 1 fully saturated rings. The van der Waals surface area contributed by atoms with E-state index < -0.39 is 0 Å². The summed E-state index contributed by atoms with van der Waals surface area (Å²) in [5, 5.41) is 4.88. The fraction of sp³-hybridized carbons (Fsp3) is 0.333. The second-order valence-corrected chi connectivity index (χ2v) is 8.50. The van der Waals surface area contributed by atoms with Crippen LogP contribution in [0.4, 0.5) is 0 Å². The molecule has 0 spiro atoms. The van der Waals surface area contributed by atoms with Crippen LogP contribution in [0.3, 0.4) is 0 Å². The van der Waals surface area contributed by atoms with Crippen molar-refractivity contribution in [3.05, 3.63) is 64.1 Å². The number of hydrogen-bond donors (Lipinski definition) is 1. The summed E-state index contributed by atoms with van der Waals surface area (Å²) in [5.41, 5.74) is 2.09. The Morgan fingerprint density at radius 3 is 3.00 bits per heavy atom. The Bertz CT molecular complexity index is 909. The van der Waals surface area contributed by atoms with Gasteiger partial charge in [-0.05, 0) is 49.2 Å². The van der Waals surface area contributed by atoms with E-state index in [4.69, 9.17) is 16.6 Å². The van der Waals surface area contributed by atoms with Gasteiger partial charge in [-0.3, -0.25) is 9.69 Å². The van der Waals surface area contributed by atoms with Gasteiger partial charge in [-0.25, -0.2) is 4.98 Å². The van der Waals surface area contributed by atoms with Crippen LogP contribution in [-0.2, 0) is 11.3 Å². The summed E-state index contributed by atoms with van der Waals surface area (Å²) >= 11 is 7.78. The fourth-order valence-corrected chi connectivity index (χ4v) is 4.88. The SMILES string of the molecule is O=C(CN1CCC[C@@H](c2nc3ccccc3s2)C1)NCc1cccc(Cl)c1. The summed E-state index contributed by atoms with van der Waals surface area (Å²) < 4.78 is 1.24. The lowest BCUT2D eigenvalue weighted by atomic mass is 9.99. The lowest BCUT2D eigenvalue weighted by molar-refractivity contribution is -0.122. The van der Waals surface area contributed by atoms with E-state index in [1.54, 1.807) is 11.3 Å². The summed E-state index contributed by atoms with van der Waals surface area (Å²) in [6, 6.07) is 15.9. The topological polar surface area (TPSA) is 45.2 Å². The highest BCUT2D eigenvalue weighted by Gasteiger charge is 2.25. The van der Waals surface area contributed by atoms with E-state index >= 15 is 0 Å². The summed E-state index contributed by atoms with van der Waals surface area (Å²) in [5.74, 6) is 0.469. The van der Waals surface area contributed by atoms with Crippen LogP contribution in [0.2, 0.25) is 5.02 Å². The molecule has 1 amide bonds. The first-order valence-corrected chi connectivity index (χ1v) is 10.5. The predicted octanol–water partition coefficient (Wildman–Crippen LogP) is 4.45. The second-order valence-electron chi connectivity index (χ2n) is 7.00. The number of halogens is 1. The van der Waals surface area contributed by atoms with E-state index in [0.29, 0.717) is 24.0 Å². The van der Waals surface area contributed by atoms with Gasteiger partial charge in [0.25, 0.3) is 0 Å². The van der Waals surface area contributed by atoms with Gasteiger partial charge in [0, 0.05) is 24.0 Å². The van der Waals surface area contributed by atoms with Gasteiger partial charge >= 0.3 is 0 Å². The minimum absolute atomic E-state index is 0.0555. The van der Waals surface area contributed by atoms with Gasteiger partial charge in [-0.2, -0.15) is 0 Å². The first kappa shape index (κ1) is 18.4. The summed E-state index contributed by atoms with van der Waals surface area (Å²) in [7, 11) is 0. The molecule has 3 aromatic rings. The van der Waals surface area contributed by atoms with Crippen molar-refractivity contribution in [3.8, 4) is 0 Å². The molecule has 0 radical (unpaired) electrons. The van der Waals surface area contributed by atoms with Crippen molar-refractivity contribution in [1.29, 1.82) is 0 Å². The van der Waals surface area contributed by atoms with E-state index in [-0.39, 0.29) is 5.91 Å². The van der Waals surface area contributed by atoms with Crippen molar-refractivity contribution in [2.45, 2.75) is 25.3 Å². The van der Waals surface area contributed by atoms with Gasteiger partial charge in [0.1, 0.15) is 0 Å². The van der Waals surface area contributed by atoms with E-state index in [9.17, 15) is 4.79 Å². The number of fused-ring (bicyclic) bond motifs is 1. The molecular weight excluding hydrogens is 378 g/mol. The molecule has 2 heterocycles. The molecule has 0 unspecified atom stereocenters. The number of piperidine rings is 1. The number of carbonyl (C=O) groups excluding carboxylic acids is 1. The van der Waals surface area contributed by atoms with Crippen LogP contribution in [0.15, 0.2) is 48.5 Å². The van der Waals surface area contributed by atoms with Gasteiger partial charge in [-0.1, -0.05) is 35.9 Å². The highest BCUT2D eigenvalue weighted by atomic mass is 35.5. The Labute approximate surface area is 168 Å². The minimum atomic E-state index is 0.0555. The van der Waals surface area contributed by atoms with Gasteiger partial charge in [-0.15, -0.1) is 11.3 Å². The molecule has 140 valence electrons. The third kappa shape index (κ3) is 4.67. The first-order valence-electron chi connectivity index (χ1n) is 9.26. The fourth-order valence-electron chi connectivity index (χ4n) is 3.57. The number of hydrogen-bond acceptors (Lipinski definition) is 4. The number of rotatable bonds is 5. The number of para-hydroxylation sites is 1. The van der Waals surface area contributed by atoms with Crippen molar-refractivity contribution < 1.29 is 4.79 Å². The van der Waals surface area contributed by atoms with Crippen molar-refractivity contribution in [1.82, 2.24) is 15.2 Å². The first-order chi connectivity index (χ1) is 13.2. The number of thiazole rings is 1. The standard InChI is InChI=1S/C21H22ClN3OS/c22-17-7-3-5-15(11-17)12-23-20(26)14-25-10-4-6-16(13-25)21-24-18-8-1-2-9-19(18)27-21/h1-3,5,7-9,11,16H,4,6,10,12-14H2,(H,23,26)/t16-/m1/s1. The second kappa shape index (κ2) is 8.38. The molecule has 1 N–H and O–H groups in total. The molecule has 2 aromatic carbocycles. The maximum absolute atomic E-state index is 12.4. The largest absolute Gasteiger partial charge is 0.351 e. The van der Waals surface area contributed by atoms with Crippen LogP contribution >= 0.6 is 22.9 Å². The smallest absolute Gasteiger partial charge is 0.234 e. The molecule has 0 aliphatic carbocycles. The van der Waals surface area contributed by atoms with Gasteiger partial charge in [0.15, 0.2) is 0 Å². The molecule has 1 atom stereocenters. The number of benzene rings is 2. The molecule has 4 nitrogen and oxygen atoms in total. The average molecular weight is 400 g/mol. The van der Waals surface area contributed by atoms with Crippen LogP contribution < -0.4 is 5.32 Å². The van der Waals surface area contributed by atoms with Crippen molar-refractivity contribution in [2.75, 3.05) is 19.6 Å². The molecule has 0 bridgehead atoms. The van der Waals surface area contributed by atoms with E-state index in [1.807, 2.05) is 30.3 Å². The maximum atomic E-state index is 12.4. The van der Waals surface area contributed by atoms with Crippen LogP contribution in [-0.4, -0.2) is 35.4 Å². The Kier molecular flexibility index (Phi) is 5.72. The molecule has 1 saturated heterocycles. The van der Waals surface area contributed by atoms with Crippen LogP contribution in [0.5, 0.6) is 0 Å². The third-order valence-electron chi connectivity index (χ3n) is 4.91. The zero-order valence-corrected chi connectivity index (χ0v) is 16.6. The number of nitrogens with one attached hydrogen (secondary N) is 1. The summed E-state index contributed by atoms with van der Waals surface area (Å²) in [4.78, 5) is 19.4. The molecule has 1 aliphatic heterocycles. The number of likely N-dealkylation sites (tertiary alicyclic amines) is 1. The zero-order chi connectivity index (χ0) is 18.6. The van der Waals surface area contributed by atoms with Crippen LogP contribution in [0.1, 0.15) is 29.3 Å². The Balaban J connectivity index is 1.33. The number of nitrogens with zero attached hydrogens (tertiary/aromatic N) is 2.